The Labute approximate surface area is 250 Å². The summed E-state index contributed by atoms with van der Waals surface area (Å²) in [5.74, 6) is 0.609. The summed E-state index contributed by atoms with van der Waals surface area (Å²) in [7, 11) is -3.81. The molecular weight excluding hydrogens is 553 g/mol. The highest BCUT2D eigenvalue weighted by atomic mass is 32.2. The van der Waals surface area contributed by atoms with Crippen LogP contribution in [0.1, 0.15) is 76.2 Å². The quantitative estimate of drug-likeness (QED) is 0.0849. The van der Waals surface area contributed by atoms with E-state index in [1.54, 1.807) is 43.0 Å². The van der Waals surface area contributed by atoms with Crippen molar-refractivity contribution in [2.24, 2.45) is 0 Å². The minimum absolute atomic E-state index is 0.0221. The zero-order valence-electron chi connectivity index (χ0n) is 24.8. The van der Waals surface area contributed by atoms with Crippen molar-refractivity contribution in [2.45, 2.75) is 71.8 Å². The molecule has 0 saturated heterocycles. The first-order valence-corrected chi connectivity index (χ1v) is 16.2. The SMILES string of the molecule is C#COP(=O)(OCC)OCc1ccc(NC(=O)c2ccccc2SCC=C(C)CCC=C(C)CCC=C(C)C)cc1. The Morgan fingerprint density at radius 3 is 2.27 bits per heavy atom. The lowest BCUT2D eigenvalue weighted by Gasteiger charge is -2.14. The molecule has 0 saturated carbocycles. The van der Waals surface area contributed by atoms with Crippen molar-refractivity contribution in [3.8, 4) is 12.5 Å². The summed E-state index contributed by atoms with van der Waals surface area (Å²) in [6.07, 6.45) is 18.1. The molecule has 0 heterocycles. The first kappa shape index (κ1) is 34.2. The molecule has 1 amide bonds. The fraction of sp³-hybridized carbons (Fsp3) is 0.364. The molecule has 2 rings (SSSR count). The molecular formula is C33H42NO5PS. The Morgan fingerprint density at radius 1 is 0.951 bits per heavy atom. The van der Waals surface area contributed by atoms with Crippen molar-refractivity contribution in [2.75, 3.05) is 17.7 Å². The summed E-state index contributed by atoms with van der Waals surface area (Å²) in [5.41, 5.74) is 6.13. The van der Waals surface area contributed by atoms with E-state index in [1.807, 2.05) is 30.4 Å². The predicted octanol–water partition coefficient (Wildman–Crippen LogP) is 9.72. The third-order valence-corrected chi connectivity index (χ3v) is 8.33. The maximum atomic E-state index is 13.1. The first-order valence-electron chi connectivity index (χ1n) is 13.8. The van der Waals surface area contributed by atoms with Gasteiger partial charge in [0.15, 0.2) is 0 Å². The summed E-state index contributed by atoms with van der Waals surface area (Å²) in [4.78, 5) is 14.0. The highest BCUT2D eigenvalue weighted by molar-refractivity contribution is 7.99. The van der Waals surface area contributed by atoms with Gasteiger partial charge in [-0.25, -0.2) is 4.57 Å². The largest absolute Gasteiger partial charge is 0.538 e. The molecule has 41 heavy (non-hydrogen) atoms. The second-order valence-electron chi connectivity index (χ2n) is 9.77. The Kier molecular flexibility index (Phi) is 15.4. The normalized spacial score (nSPS) is 13.2. The van der Waals surface area contributed by atoms with Crippen LogP contribution in [0.2, 0.25) is 0 Å². The number of hydrogen-bond acceptors (Lipinski definition) is 6. The van der Waals surface area contributed by atoms with E-state index in [4.69, 9.17) is 15.5 Å². The van der Waals surface area contributed by atoms with Crippen molar-refractivity contribution in [3.05, 3.63) is 94.6 Å². The first-order chi connectivity index (χ1) is 19.7. The average molecular weight is 596 g/mol. The molecule has 1 N–H and O–H groups in total. The molecule has 1 unspecified atom stereocenters. The third kappa shape index (κ3) is 13.5. The molecule has 0 bridgehead atoms. The molecule has 0 spiro atoms. The summed E-state index contributed by atoms with van der Waals surface area (Å²) >= 11 is 1.65. The lowest BCUT2D eigenvalue weighted by atomic mass is 10.1. The topological polar surface area (TPSA) is 73.9 Å². The van der Waals surface area contributed by atoms with Crippen LogP contribution in [-0.4, -0.2) is 18.3 Å². The van der Waals surface area contributed by atoms with Gasteiger partial charge in [0.1, 0.15) is 6.11 Å². The molecule has 2 aromatic rings. The van der Waals surface area contributed by atoms with Gasteiger partial charge in [0.05, 0.1) is 18.8 Å². The number of nitrogens with one attached hydrogen (secondary N) is 1. The summed E-state index contributed by atoms with van der Waals surface area (Å²) < 4.78 is 27.3. The van der Waals surface area contributed by atoms with Gasteiger partial charge in [-0.05, 0) is 90.1 Å². The van der Waals surface area contributed by atoms with E-state index in [2.05, 4.69) is 55.8 Å². The van der Waals surface area contributed by atoms with E-state index >= 15 is 0 Å². The number of rotatable bonds is 17. The predicted molar refractivity (Wildman–Crippen MR) is 171 cm³/mol. The van der Waals surface area contributed by atoms with Crippen molar-refractivity contribution < 1.29 is 22.9 Å². The second kappa shape index (κ2) is 18.4. The molecule has 0 aliphatic heterocycles. The van der Waals surface area contributed by atoms with E-state index in [9.17, 15) is 9.36 Å². The lowest BCUT2D eigenvalue weighted by molar-refractivity contribution is 0.102. The number of amides is 1. The fourth-order valence-corrected chi connectivity index (χ4v) is 5.71. The maximum absolute atomic E-state index is 13.1. The minimum atomic E-state index is -3.81. The van der Waals surface area contributed by atoms with Gasteiger partial charge in [-0.1, -0.05) is 65.6 Å². The number of allylic oxidation sites excluding steroid dienone is 5. The van der Waals surface area contributed by atoms with Crippen LogP contribution in [0, 0.1) is 12.5 Å². The van der Waals surface area contributed by atoms with Crippen LogP contribution in [-0.2, 0) is 24.7 Å². The molecule has 6 nitrogen and oxygen atoms in total. The van der Waals surface area contributed by atoms with E-state index in [0.29, 0.717) is 11.3 Å². The molecule has 1 atom stereocenters. The zero-order chi connectivity index (χ0) is 30.1. The standard InChI is InChI=1S/C33H42NO5PS/c1-7-37-40(36,38-8-2)39-25-29-19-21-30(22-20-29)34-33(35)31-17-9-10-18-32(31)41-24-23-28(6)16-12-15-27(5)14-11-13-26(3)4/h1,9-10,13,15,17-23H,8,11-12,14,16,24-25H2,2-6H3,(H,34,35). The molecule has 8 heteroatoms. The molecule has 2 aromatic carbocycles. The van der Waals surface area contributed by atoms with Crippen LogP contribution in [0.15, 0.2) is 88.4 Å². The third-order valence-electron chi connectivity index (χ3n) is 5.98. The van der Waals surface area contributed by atoms with Crippen molar-refractivity contribution >= 4 is 31.2 Å². The molecule has 0 fully saturated rings. The second-order valence-corrected chi connectivity index (χ2v) is 12.4. The number of carbonyl (C=O) groups excluding carboxylic acids is 1. The highest BCUT2D eigenvalue weighted by Gasteiger charge is 2.26. The fourth-order valence-electron chi connectivity index (χ4n) is 3.74. The summed E-state index contributed by atoms with van der Waals surface area (Å²) in [6.45, 7) is 10.4. The van der Waals surface area contributed by atoms with Crippen LogP contribution < -0.4 is 5.32 Å². The van der Waals surface area contributed by atoms with Gasteiger partial charge in [0.2, 0.25) is 0 Å². The van der Waals surface area contributed by atoms with Crippen LogP contribution in [0.3, 0.4) is 0 Å². The number of terminal acetylenes is 1. The average Bonchev–Trinajstić information content (AvgIpc) is 2.93. The summed E-state index contributed by atoms with van der Waals surface area (Å²) in [5, 5.41) is 2.95. The Bertz CT molecular complexity index is 1300. The number of phosphoric ester groups is 1. The number of phosphoric acid groups is 1. The summed E-state index contributed by atoms with van der Waals surface area (Å²) in [6, 6.07) is 14.6. The van der Waals surface area contributed by atoms with E-state index < -0.39 is 7.82 Å². The van der Waals surface area contributed by atoms with Gasteiger partial charge in [0, 0.05) is 16.3 Å². The molecule has 0 radical (unpaired) electrons. The highest BCUT2D eigenvalue weighted by Crippen LogP contribution is 2.49. The van der Waals surface area contributed by atoms with E-state index in [0.717, 1.165) is 41.9 Å². The van der Waals surface area contributed by atoms with Crippen molar-refractivity contribution in [3.63, 3.8) is 0 Å². The van der Waals surface area contributed by atoms with Crippen molar-refractivity contribution in [1.82, 2.24) is 0 Å². The molecule has 0 aliphatic rings. The number of anilines is 1. The number of hydrogen-bond donors (Lipinski definition) is 1. The smallest absolute Gasteiger partial charge is 0.350 e. The van der Waals surface area contributed by atoms with Gasteiger partial charge in [0.25, 0.3) is 5.91 Å². The van der Waals surface area contributed by atoms with Gasteiger partial charge in [-0.3, -0.25) is 13.8 Å². The van der Waals surface area contributed by atoms with Crippen LogP contribution in [0.4, 0.5) is 5.69 Å². The molecule has 0 aliphatic carbocycles. The number of carbonyl (C=O) groups is 1. The lowest BCUT2D eigenvalue weighted by Crippen LogP contribution is -2.13. The zero-order valence-corrected chi connectivity index (χ0v) is 26.5. The minimum Gasteiger partial charge on any atom is -0.350 e. The van der Waals surface area contributed by atoms with Gasteiger partial charge >= 0.3 is 7.82 Å². The van der Waals surface area contributed by atoms with Crippen LogP contribution >= 0.6 is 19.6 Å². The van der Waals surface area contributed by atoms with E-state index in [-0.39, 0.29) is 19.1 Å². The van der Waals surface area contributed by atoms with Gasteiger partial charge in [-0.15, -0.1) is 11.8 Å². The Balaban J connectivity index is 1.89. The van der Waals surface area contributed by atoms with Crippen LogP contribution in [0.5, 0.6) is 0 Å². The molecule has 220 valence electrons. The van der Waals surface area contributed by atoms with Crippen LogP contribution in [0.25, 0.3) is 0 Å². The monoisotopic (exact) mass is 595 g/mol. The van der Waals surface area contributed by atoms with Gasteiger partial charge in [-0.2, -0.15) is 0 Å². The maximum Gasteiger partial charge on any atom is 0.538 e. The number of thioether (sulfide) groups is 1. The molecule has 0 aromatic heterocycles. The van der Waals surface area contributed by atoms with Crippen molar-refractivity contribution in [1.29, 1.82) is 0 Å². The Hall–Kier alpha value is -3.01. The van der Waals surface area contributed by atoms with Gasteiger partial charge < -0.3 is 9.84 Å². The number of benzene rings is 2. The Morgan fingerprint density at radius 2 is 1.61 bits per heavy atom. The van der Waals surface area contributed by atoms with E-state index in [1.165, 1.54) is 16.7 Å².